The van der Waals surface area contributed by atoms with Gasteiger partial charge in [0.2, 0.25) is 0 Å². The fraction of sp³-hybridized carbons (Fsp3) is 0.182. The van der Waals surface area contributed by atoms with Crippen molar-refractivity contribution in [2.75, 3.05) is 7.11 Å². The summed E-state index contributed by atoms with van der Waals surface area (Å²) in [7, 11) is 1.37. The Hall–Kier alpha value is -1.34. The Bertz CT molecular complexity index is 533. The molecular formula is C11H10BrN3O2S. The van der Waals surface area contributed by atoms with E-state index in [1.165, 1.54) is 18.9 Å². The number of aromatic amines is 1. The van der Waals surface area contributed by atoms with Crippen LogP contribution in [0.5, 0.6) is 0 Å². The first kappa shape index (κ1) is 13.1. The standard InChI is InChI=1S/C11H10BrN3O2S/c1-17-11(16)10(18-9-6-13-15-14-9)7-3-2-4-8(12)5-7/h2-6,10H,1H3,(H,13,14,15)/t10-/m1/s1. The zero-order valence-corrected chi connectivity index (χ0v) is 11.9. The van der Waals surface area contributed by atoms with Gasteiger partial charge < -0.3 is 4.74 Å². The van der Waals surface area contributed by atoms with Crippen LogP contribution in [0.25, 0.3) is 0 Å². The second-order valence-electron chi connectivity index (χ2n) is 3.38. The first-order chi connectivity index (χ1) is 8.70. The van der Waals surface area contributed by atoms with Gasteiger partial charge in [-0.25, -0.2) is 0 Å². The van der Waals surface area contributed by atoms with Crippen molar-refractivity contribution in [3.63, 3.8) is 0 Å². The molecule has 0 saturated carbocycles. The number of H-pyrrole nitrogens is 1. The van der Waals surface area contributed by atoms with E-state index >= 15 is 0 Å². The number of thioether (sulfide) groups is 1. The predicted octanol–water partition coefficient (Wildman–Crippen LogP) is 2.57. The Morgan fingerprint density at radius 1 is 1.56 bits per heavy atom. The lowest BCUT2D eigenvalue weighted by Gasteiger charge is -2.13. The number of ether oxygens (including phenoxy) is 1. The minimum atomic E-state index is -0.461. The molecule has 0 bridgehead atoms. The Kier molecular flexibility index (Phi) is 4.38. The van der Waals surface area contributed by atoms with Gasteiger partial charge in [0, 0.05) is 4.47 Å². The number of aromatic nitrogens is 3. The van der Waals surface area contributed by atoms with E-state index in [1.54, 1.807) is 6.20 Å². The number of rotatable bonds is 4. The lowest BCUT2D eigenvalue weighted by molar-refractivity contribution is -0.140. The normalized spacial score (nSPS) is 12.1. The molecule has 5 nitrogen and oxygen atoms in total. The average Bonchev–Trinajstić information content (AvgIpc) is 2.88. The van der Waals surface area contributed by atoms with Crippen molar-refractivity contribution in [3.05, 3.63) is 40.5 Å². The highest BCUT2D eigenvalue weighted by Gasteiger charge is 2.24. The highest BCUT2D eigenvalue weighted by atomic mass is 79.9. The van der Waals surface area contributed by atoms with E-state index in [0.29, 0.717) is 5.03 Å². The molecule has 1 heterocycles. The smallest absolute Gasteiger partial charge is 0.323 e. The fourth-order valence-corrected chi connectivity index (χ4v) is 2.74. The molecule has 0 amide bonds. The number of hydrogen-bond donors (Lipinski definition) is 1. The number of nitrogens with one attached hydrogen (secondary N) is 1. The van der Waals surface area contributed by atoms with E-state index in [9.17, 15) is 4.79 Å². The molecule has 0 fully saturated rings. The number of halogens is 1. The van der Waals surface area contributed by atoms with E-state index in [1.807, 2.05) is 24.3 Å². The summed E-state index contributed by atoms with van der Waals surface area (Å²) in [6.07, 6.45) is 1.57. The monoisotopic (exact) mass is 327 g/mol. The summed E-state index contributed by atoms with van der Waals surface area (Å²) in [6.45, 7) is 0. The number of methoxy groups -OCH3 is 1. The number of carbonyl (C=O) groups is 1. The molecule has 0 spiro atoms. The third-order valence-electron chi connectivity index (χ3n) is 2.20. The molecule has 18 heavy (non-hydrogen) atoms. The van der Waals surface area contributed by atoms with Crippen molar-refractivity contribution in [2.24, 2.45) is 0 Å². The van der Waals surface area contributed by atoms with E-state index in [-0.39, 0.29) is 5.97 Å². The molecule has 2 aromatic rings. The Morgan fingerprint density at radius 2 is 2.39 bits per heavy atom. The summed E-state index contributed by atoms with van der Waals surface area (Å²) in [6, 6.07) is 7.53. The van der Waals surface area contributed by atoms with Crippen LogP contribution in [-0.2, 0) is 9.53 Å². The summed E-state index contributed by atoms with van der Waals surface area (Å²) in [5.74, 6) is -0.318. The van der Waals surface area contributed by atoms with Crippen LogP contribution in [0.4, 0.5) is 0 Å². The summed E-state index contributed by atoms with van der Waals surface area (Å²) >= 11 is 4.67. The minimum Gasteiger partial charge on any atom is -0.468 e. The van der Waals surface area contributed by atoms with Gasteiger partial charge in [-0.3, -0.25) is 4.79 Å². The van der Waals surface area contributed by atoms with Gasteiger partial charge >= 0.3 is 5.97 Å². The number of nitrogens with zero attached hydrogens (tertiary/aromatic N) is 2. The second kappa shape index (κ2) is 6.01. The molecule has 1 aromatic carbocycles. The molecule has 2 rings (SSSR count). The van der Waals surface area contributed by atoms with Crippen LogP contribution in [0.3, 0.4) is 0 Å². The van der Waals surface area contributed by atoms with Crippen molar-refractivity contribution in [1.29, 1.82) is 0 Å². The number of esters is 1. The third kappa shape index (κ3) is 3.11. The Morgan fingerprint density at radius 3 is 3.00 bits per heavy atom. The fourth-order valence-electron chi connectivity index (χ4n) is 1.40. The summed E-state index contributed by atoms with van der Waals surface area (Å²) in [4.78, 5) is 11.8. The Balaban J connectivity index is 2.28. The maximum Gasteiger partial charge on any atom is 0.323 e. The quantitative estimate of drug-likeness (QED) is 0.690. The first-order valence-electron chi connectivity index (χ1n) is 5.06. The SMILES string of the molecule is COC(=O)[C@H](Sc1cn[nH]n1)c1cccc(Br)c1. The summed E-state index contributed by atoms with van der Waals surface area (Å²) in [5.41, 5.74) is 0.851. The maximum atomic E-state index is 11.8. The maximum absolute atomic E-state index is 11.8. The molecule has 94 valence electrons. The van der Waals surface area contributed by atoms with Gasteiger partial charge in [-0.1, -0.05) is 39.8 Å². The van der Waals surface area contributed by atoms with Gasteiger partial charge in [0.05, 0.1) is 13.3 Å². The van der Waals surface area contributed by atoms with Gasteiger partial charge in [-0.05, 0) is 17.7 Å². The van der Waals surface area contributed by atoms with Crippen LogP contribution >= 0.6 is 27.7 Å². The molecule has 1 atom stereocenters. The molecular weight excluding hydrogens is 318 g/mol. The molecule has 0 saturated heterocycles. The van der Waals surface area contributed by atoms with Gasteiger partial charge in [0.15, 0.2) is 0 Å². The molecule has 0 radical (unpaired) electrons. The van der Waals surface area contributed by atoms with E-state index in [4.69, 9.17) is 4.74 Å². The predicted molar refractivity (Wildman–Crippen MR) is 71.1 cm³/mol. The van der Waals surface area contributed by atoms with E-state index in [2.05, 4.69) is 31.3 Å². The molecule has 1 N–H and O–H groups in total. The lowest BCUT2D eigenvalue weighted by atomic mass is 10.1. The van der Waals surface area contributed by atoms with Crippen LogP contribution in [0.2, 0.25) is 0 Å². The second-order valence-corrected chi connectivity index (χ2v) is 5.43. The van der Waals surface area contributed by atoms with Gasteiger partial charge in [0.1, 0.15) is 10.3 Å². The van der Waals surface area contributed by atoms with E-state index in [0.717, 1.165) is 10.0 Å². The number of carbonyl (C=O) groups excluding carboxylic acids is 1. The highest BCUT2D eigenvalue weighted by Crippen LogP contribution is 2.35. The lowest BCUT2D eigenvalue weighted by Crippen LogP contribution is -2.11. The van der Waals surface area contributed by atoms with Crippen LogP contribution in [0, 0.1) is 0 Å². The largest absolute Gasteiger partial charge is 0.468 e. The Labute approximate surface area is 116 Å². The number of benzene rings is 1. The summed E-state index contributed by atoms with van der Waals surface area (Å²) in [5, 5.41) is 10.3. The van der Waals surface area contributed by atoms with Crippen molar-refractivity contribution >= 4 is 33.7 Å². The number of hydrogen-bond acceptors (Lipinski definition) is 5. The van der Waals surface area contributed by atoms with Crippen molar-refractivity contribution in [2.45, 2.75) is 10.3 Å². The zero-order chi connectivity index (χ0) is 13.0. The molecule has 0 aliphatic heterocycles. The average molecular weight is 328 g/mol. The molecule has 0 aliphatic rings. The van der Waals surface area contributed by atoms with Crippen molar-refractivity contribution < 1.29 is 9.53 Å². The van der Waals surface area contributed by atoms with Gasteiger partial charge in [-0.2, -0.15) is 10.3 Å². The first-order valence-corrected chi connectivity index (χ1v) is 6.73. The van der Waals surface area contributed by atoms with Gasteiger partial charge in [0.25, 0.3) is 0 Å². The van der Waals surface area contributed by atoms with Crippen LogP contribution in [0.15, 0.2) is 40.0 Å². The van der Waals surface area contributed by atoms with Crippen LogP contribution in [-0.4, -0.2) is 28.5 Å². The van der Waals surface area contributed by atoms with Crippen LogP contribution < -0.4 is 0 Å². The van der Waals surface area contributed by atoms with Crippen molar-refractivity contribution in [1.82, 2.24) is 15.4 Å². The molecule has 0 unspecified atom stereocenters. The van der Waals surface area contributed by atoms with Crippen LogP contribution in [0.1, 0.15) is 10.8 Å². The highest BCUT2D eigenvalue weighted by molar-refractivity contribution is 9.10. The topological polar surface area (TPSA) is 67.9 Å². The molecule has 7 heteroatoms. The van der Waals surface area contributed by atoms with Crippen molar-refractivity contribution in [3.8, 4) is 0 Å². The van der Waals surface area contributed by atoms with E-state index < -0.39 is 5.25 Å². The zero-order valence-electron chi connectivity index (χ0n) is 9.46. The minimum absolute atomic E-state index is 0.318. The summed E-state index contributed by atoms with van der Waals surface area (Å²) < 4.78 is 5.73. The third-order valence-corrected chi connectivity index (χ3v) is 3.83. The molecule has 1 aromatic heterocycles. The van der Waals surface area contributed by atoms with Gasteiger partial charge in [-0.15, -0.1) is 5.10 Å². The molecule has 0 aliphatic carbocycles.